The van der Waals surface area contributed by atoms with Crippen molar-refractivity contribution in [2.45, 2.75) is 20.8 Å². The molecule has 25 heavy (non-hydrogen) atoms. The molecule has 132 valence electrons. The molecule has 1 aromatic heterocycles. The quantitative estimate of drug-likeness (QED) is 0.853. The predicted molar refractivity (Wildman–Crippen MR) is 97.0 cm³/mol. The molecule has 3 rings (SSSR count). The lowest BCUT2D eigenvalue weighted by molar-refractivity contribution is -0.133. The van der Waals surface area contributed by atoms with Crippen LogP contribution < -0.4 is 9.64 Å². The highest BCUT2D eigenvalue weighted by molar-refractivity contribution is 5.78. The zero-order chi connectivity index (χ0) is 17.8. The zero-order valence-electron chi connectivity index (χ0n) is 15.0. The Balaban J connectivity index is 1.51. The van der Waals surface area contributed by atoms with E-state index in [2.05, 4.69) is 15.1 Å². The van der Waals surface area contributed by atoms with E-state index in [-0.39, 0.29) is 12.5 Å². The third kappa shape index (κ3) is 4.07. The van der Waals surface area contributed by atoms with E-state index in [0.717, 1.165) is 41.5 Å². The number of hydrogen-bond acceptors (Lipinski definition) is 5. The molecule has 2 aromatic rings. The van der Waals surface area contributed by atoms with E-state index in [9.17, 15) is 4.79 Å². The van der Waals surface area contributed by atoms with E-state index in [0.29, 0.717) is 13.1 Å². The number of hydrogen-bond donors (Lipinski definition) is 0. The summed E-state index contributed by atoms with van der Waals surface area (Å²) in [6.45, 7) is 8.90. The maximum Gasteiger partial charge on any atom is 0.260 e. The summed E-state index contributed by atoms with van der Waals surface area (Å²) in [5.41, 5.74) is 3.15. The van der Waals surface area contributed by atoms with Crippen LogP contribution in [-0.2, 0) is 4.79 Å². The number of carbonyl (C=O) groups excluding carboxylic acids is 1. The fourth-order valence-electron chi connectivity index (χ4n) is 2.86. The van der Waals surface area contributed by atoms with Crippen molar-refractivity contribution in [1.29, 1.82) is 0 Å². The third-order valence-electron chi connectivity index (χ3n) is 4.65. The molecule has 1 aromatic carbocycles. The Morgan fingerprint density at radius 3 is 2.48 bits per heavy atom. The first-order chi connectivity index (χ1) is 12.0. The van der Waals surface area contributed by atoms with Crippen molar-refractivity contribution < 1.29 is 9.53 Å². The van der Waals surface area contributed by atoms with Crippen molar-refractivity contribution in [2.24, 2.45) is 0 Å². The Kier molecular flexibility index (Phi) is 5.16. The summed E-state index contributed by atoms with van der Waals surface area (Å²) in [4.78, 5) is 16.4. The highest BCUT2D eigenvalue weighted by Crippen LogP contribution is 2.20. The first kappa shape index (κ1) is 17.2. The summed E-state index contributed by atoms with van der Waals surface area (Å²) >= 11 is 0. The minimum atomic E-state index is 0.0237. The van der Waals surface area contributed by atoms with Gasteiger partial charge < -0.3 is 14.5 Å². The standard InChI is InChI=1S/C19H24N4O2/c1-14-5-4-6-17(16(14)3)25-13-19(24)23-11-9-22(10-12-23)18-8-7-15(2)20-21-18/h4-8H,9-13H2,1-3H3. The average molecular weight is 340 g/mol. The summed E-state index contributed by atoms with van der Waals surface area (Å²) in [5.74, 6) is 1.67. The Bertz CT molecular complexity index is 738. The van der Waals surface area contributed by atoms with Gasteiger partial charge in [-0.1, -0.05) is 12.1 Å². The number of aromatic nitrogens is 2. The lowest BCUT2D eigenvalue weighted by Gasteiger charge is -2.35. The topological polar surface area (TPSA) is 58.6 Å². The van der Waals surface area contributed by atoms with Crippen LogP contribution in [0.4, 0.5) is 5.82 Å². The summed E-state index contributed by atoms with van der Waals surface area (Å²) < 4.78 is 5.73. The number of nitrogens with zero attached hydrogens (tertiary/aromatic N) is 4. The molecule has 1 saturated heterocycles. The summed E-state index contributed by atoms with van der Waals surface area (Å²) in [6, 6.07) is 9.83. The molecule has 0 bridgehead atoms. The van der Waals surface area contributed by atoms with Crippen LogP contribution in [0.2, 0.25) is 0 Å². The molecule has 6 heteroatoms. The summed E-state index contributed by atoms with van der Waals surface area (Å²) in [5, 5.41) is 8.31. The van der Waals surface area contributed by atoms with Crippen molar-refractivity contribution in [3.05, 3.63) is 47.2 Å². The van der Waals surface area contributed by atoms with Gasteiger partial charge in [-0.15, -0.1) is 5.10 Å². The van der Waals surface area contributed by atoms with Crippen LogP contribution in [0.25, 0.3) is 0 Å². The molecule has 1 aliphatic heterocycles. The molecule has 0 atom stereocenters. The maximum absolute atomic E-state index is 12.4. The SMILES string of the molecule is Cc1ccc(N2CCN(C(=O)COc3cccc(C)c3C)CC2)nn1. The van der Waals surface area contributed by atoms with E-state index in [1.165, 1.54) is 0 Å². The van der Waals surface area contributed by atoms with Gasteiger partial charge in [0.25, 0.3) is 5.91 Å². The Morgan fingerprint density at radius 1 is 1.04 bits per heavy atom. The number of anilines is 1. The Hall–Kier alpha value is -2.63. The van der Waals surface area contributed by atoms with Crippen LogP contribution in [-0.4, -0.2) is 53.8 Å². The second-order valence-corrected chi connectivity index (χ2v) is 6.39. The smallest absolute Gasteiger partial charge is 0.260 e. The number of carbonyl (C=O) groups is 1. The monoisotopic (exact) mass is 340 g/mol. The van der Waals surface area contributed by atoms with Crippen LogP contribution in [0.3, 0.4) is 0 Å². The van der Waals surface area contributed by atoms with Gasteiger partial charge in [0.05, 0.1) is 5.69 Å². The van der Waals surface area contributed by atoms with Crippen molar-refractivity contribution in [3.8, 4) is 5.75 Å². The minimum absolute atomic E-state index is 0.0237. The molecule has 0 N–H and O–H groups in total. The molecule has 2 heterocycles. The molecule has 0 aliphatic carbocycles. The zero-order valence-corrected chi connectivity index (χ0v) is 15.0. The second kappa shape index (κ2) is 7.51. The fourth-order valence-corrected chi connectivity index (χ4v) is 2.86. The Labute approximate surface area is 148 Å². The second-order valence-electron chi connectivity index (χ2n) is 6.39. The molecule has 0 saturated carbocycles. The van der Waals surface area contributed by atoms with E-state index in [1.54, 1.807) is 0 Å². The molecule has 0 radical (unpaired) electrons. The van der Waals surface area contributed by atoms with Crippen molar-refractivity contribution in [1.82, 2.24) is 15.1 Å². The van der Waals surface area contributed by atoms with E-state index < -0.39 is 0 Å². The van der Waals surface area contributed by atoms with Gasteiger partial charge in [-0.05, 0) is 50.1 Å². The Morgan fingerprint density at radius 2 is 1.80 bits per heavy atom. The first-order valence-corrected chi connectivity index (χ1v) is 8.56. The minimum Gasteiger partial charge on any atom is -0.483 e. The fraction of sp³-hybridized carbons (Fsp3) is 0.421. The highest BCUT2D eigenvalue weighted by atomic mass is 16.5. The van der Waals surface area contributed by atoms with E-state index in [1.807, 2.05) is 56.0 Å². The molecular weight excluding hydrogens is 316 g/mol. The lowest BCUT2D eigenvalue weighted by atomic mass is 10.1. The molecule has 1 fully saturated rings. The van der Waals surface area contributed by atoms with E-state index >= 15 is 0 Å². The number of aryl methyl sites for hydroxylation is 2. The molecule has 0 unspecified atom stereocenters. The molecule has 1 aliphatic rings. The highest BCUT2D eigenvalue weighted by Gasteiger charge is 2.22. The molecule has 0 spiro atoms. The van der Waals surface area contributed by atoms with Gasteiger partial charge in [-0.25, -0.2) is 0 Å². The van der Waals surface area contributed by atoms with Gasteiger partial charge in [0, 0.05) is 26.2 Å². The summed E-state index contributed by atoms with van der Waals surface area (Å²) in [7, 11) is 0. The predicted octanol–water partition coefficient (Wildman–Crippen LogP) is 2.13. The van der Waals surface area contributed by atoms with Crippen LogP contribution in [0.5, 0.6) is 5.75 Å². The van der Waals surface area contributed by atoms with Gasteiger partial charge in [0.1, 0.15) is 5.75 Å². The van der Waals surface area contributed by atoms with Gasteiger partial charge in [-0.2, -0.15) is 5.10 Å². The molecule has 6 nitrogen and oxygen atoms in total. The number of amides is 1. The lowest BCUT2D eigenvalue weighted by Crippen LogP contribution is -2.50. The van der Waals surface area contributed by atoms with Crippen LogP contribution >= 0.6 is 0 Å². The average Bonchev–Trinajstić information content (AvgIpc) is 2.63. The maximum atomic E-state index is 12.4. The van der Waals surface area contributed by atoms with Crippen LogP contribution in [0, 0.1) is 20.8 Å². The summed E-state index contributed by atoms with van der Waals surface area (Å²) in [6.07, 6.45) is 0. The van der Waals surface area contributed by atoms with Crippen molar-refractivity contribution in [3.63, 3.8) is 0 Å². The number of piperazine rings is 1. The van der Waals surface area contributed by atoms with Crippen LogP contribution in [0.1, 0.15) is 16.8 Å². The van der Waals surface area contributed by atoms with Crippen molar-refractivity contribution >= 4 is 11.7 Å². The first-order valence-electron chi connectivity index (χ1n) is 8.56. The molecular formula is C19H24N4O2. The number of rotatable bonds is 4. The van der Waals surface area contributed by atoms with Gasteiger partial charge in [0.15, 0.2) is 12.4 Å². The third-order valence-corrected chi connectivity index (χ3v) is 4.65. The van der Waals surface area contributed by atoms with Gasteiger partial charge in [-0.3, -0.25) is 4.79 Å². The normalized spacial score (nSPS) is 14.5. The van der Waals surface area contributed by atoms with Gasteiger partial charge in [0.2, 0.25) is 0 Å². The van der Waals surface area contributed by atoms with E-state index in [4.69, 9.17) is 4.74 Å². The number of benzene rings is 1. The molecule has 1 amide bonds. The van der Waals surface area contributed by atoms with Crippen molar-refractivity contribution in [2.75, 3.05) is 37.7 Å². The largest absolute Gasteiger partial charge is 0.483 e. The number of ether oxygens (including phenoxy) is 1. The van der Waals surface area contributed by atoms with Crippen LogP contribution in [0.15, 0.2) is 30.3 Å². The van der Waals surface area contributed by atoms with Gasteiger partial charge >= 0.3 is 0 Å².